The van der Waals surface area contributed by atoms with Gasteiger partial charge in [0.2, 0.25) is 0 Å². The van der Waals surface area contributed by atoms with Crippen LogP contribution in [0, 0.1) is 6.92 Å². The Morgan fingerprint density at radius 3 is 2.93 bits per heavy atom. The van der Waals surface area contributed by atoms with Gasteiger partial charge in [-0.15, -0.1) is 0 Å². The van der Waals surface area contributed by atoms with E-state index in [1.54, 1.807) is 6.20 Å². The Morgan fingerprint density at radius 2 is 2.27 bits per heavy atom. The van der Waals surface area contributed by atoms with Crippen molar-refractivity contribution in [2.45, 2.75) is 6.92 Å². The summed E-state index contributed by atoms with van der Waals surface area (Å²) in [5.74, 6) is -0.0667. The molecule has 0 fully saturated rings. The highest BCUT2D eigenvalue weighted by molar-refractivity contribution is 6.32. The molecule has 78 valence electrons. The molecule has 3 nitrogen and oxygen atoms in total. The van der Waals surface area contributed by atoms with Crippen molar-refractivity contribution in [2.75, 3.05) is 6.54 Å². The number of carbonyl (C=O) groups is 1. The van der Waals surface area contributed by atoms with Gasteiger partial charge in [0, 0.05) is 27.7 Å². The molecule has 0 bridgehead atoms. The SMILES string of the molecule is Cc1cc2c(C(=O)CN)c[nH]c2cc1Cl. The Morgan fingerprint density at radius 1 is 1.53 bits per heavy atom. The third-order valence-electron chi connectivity index (χ3n) is 2.45. The zero-order valence-electron chi connectivity index (χ0n) is 8.30. The first-order valence-electron chi connectivity index (χ1n) is 4.64. The topological polar surface area (TPSA) is 58.9 Å². The number of benzene rings is 1. The lowest BCUT2D eigenvalue weighted by Crippen LogP contribution is -2.12. The molecule has 1 heterocycles. The number of nitrogens with two attached hydrogens (primary N) is 1. The number of H-pyrrole nitrogens is 1. The molecule has 15 heavy (non-hydrogen) atoms. The van der Waals surface area contributed by atoms with Crippen LogP contribution in [0.4, 0.5) is 0 Å². The minimum absolute atomic E-state index is 0.0224. The number of aromatic amines is 1. The summed E-state index contributed by atoms with van der Waals surface area (Å²) >= 11 is 5.98. The van der Waals surface area contributed by atoms with E-state index in [-0.39, 0.29) is 12.3 Å². The molecule has 0 aliphatic carbocycles. The molecule has 0 amide bonds. The zero-order valence-corrected chi connectivity index (χ0v) is 9.06. The molecule has 0 spiro atoms. The van der Waals surface area contributed by atoms with Crippen molar-refractivity contribution in [3.8, 4) is 0 Å². The Hall–Kier alpha value is -1.32. The summed E-state index contributed by atoms with van der Waals surface area (Å²) in [7, 11) is 0. The van der Waals surface area contributed by atoms with Gasteiger partial charge < -0.3 is 10.7 Å². The van der Waals surface area contributed by atoms with Crippen LogP contribution in [0.3, 0.4) is 0 Å². The van der Waals surface area contributed by atoms with Crippen molar-refractivity contribution in [3.05, 3.63) is 34.5 Å². The molecule has 2 rings (SSSR count). The van der Waals surface area contributed by atoms with Crippen LogP contribution in [0.2, 0.25) is 5.02 Å². The number of hydrogen-bond acceptors (Lipinski definition) is 2. The third kappa shape index (κ3) is 1.64. The number of rotatable bonds is 2. The van der Waals surface area contributed by atoms with Crippen molar-refractivity contribution >= 4 is 28.3 Å². The number of Topliss-reactive ketones (excluding diaryl/α,β-unsaturated/α-hetero) is 1. The number of hydrogen-bond donors (Lipinski definition) is 2. The van der Waals surface area contributed by atoms with Crippen LogP contribution < -0.4 is 5.73 Å². The van der Waals surface area contributed by atoms with E-state index >= 15 is 0 Å². The van der Waals surface area contributed by atoms with Crippen LogP contribution in [0.5, 0.6) is 0 Å². The second-order valence-electron chi connectivity index (χ2n) is 3.48. The smallest absolute Gasteiger partial charge is 0.178 e. The maximum absolute atomic E-state index is 11.5. The summed E-state index contributed by atoms with van der Waals surface area (Å²) < 4.78 is 0. The van der Waals surface area contributed by atoms with Crippen molar-refractivity contribution in [1.82, 2.24) is 4.98 Å². The van der Waals surface area contributed by atoms with E-state index in [0.717, 1.165) is 16.5 Å². The Kier molecular flexibility index (Phi) is 2.50. The number of halogens is 1. The van der Waals surface area contributed by atoms with Gasteiger partial charge in [-0.25, -0.2) is 0 Å². The van der Waals surface area contributed by atoms with Crippen molar-refractivity contribution in [1.29, 1.82) is 0 Å². The summed E-state index contributed by atoms with van der Waals surface area (Å²) in [5, 5.41) is 1.57. The number of aryl methyl sites for hydroxylation is 1. The second-order valence-corrected chi connectivity index (χ2v) is 3.88. The van der Waals surface area contributed by atoms with E-state index in [9.17, 15) is 4.79 Å². The molecule has 1 aromatic heterocycles. The van der Waals surface area contributed by atoms with E-state index in [1.807, 2.05) is 19.1 Å². The van der Waals surface area contributed by atoms with Crippen molar-refractivity contribution in [2.24, 2.45) is 5.73 Å². The van der Waals surface area contributed by atoms with Gasteiger partial charge in [-0.3, -0.25) is 4.79 Å². The molecular weight excluding hydrogens is 212 g/mol. The maximum atomic E-state index is 11.5. The number of aromatic nitrogens is 1. The predicted octanol–water partition coefficient (Wildman–Crippen LogP) is 2.27. The van der Waals surface area contributed by atoms with Crippen LogP contribution in [0.25, 0.3) is 10.9 Å². The Labute approximate surface area is 92.2 Å². The molecule has 0 radical (unpaired) electrons. The quantitative estimate of drug-likeness (QED) is 0.766. The molecule has 3 N–H and O–H groups in total. The number of carbonyl (C=O) groups excluding carboxylic acids is 1. The molecule has 0 unspecified atom stereocenters. The van der Waals surface area contributed by atoms with Gasteiger partial charge in [0.05, 0.1) is 6.54 Å². The third-order valence-corrected chi connectivity index (χ3v) is 2.85. The lowest BCUT2D eigenvalue weighted by atomic mass is 10.1. The van der Waals surface area contributed by atoms with Gasteiger partial charge in [0.15, 0.2) is 5.78 Å². The molecule has 1 aromatic carbocycles. The van der Waals surface area contributed by atoms with E-state index in [0.29, 0.717) is 10.6 Å². The lowest BCUT2D eigenvalue weighted by molar-refractivity contribution is 0.100. The van der Waals surface area contributed by atoms with Crippen molar-refractivity contribution in [3.63, 3.8) is 0 Å². The van der Waals surface area contributed by atoms with E-state index < -0.39 is 0 Å². The van der Waals surface area contributed by atoms with Gasteiger partial charge in [-0.2, -0.15) is 0 Å². The maximum Gasteiger partial charge on any atom is 0.178 e. The molecule has 0 atom stereocenters. The number of nitrogens with one attached hydrogen (secondary N) is 1. The highest BCUT2D eigenvalue weighted by Crippen LogP contribution is 2.25. The standard InChI is InChI=1S/C11H11ClN2O/c1-6-2-7-8(11(15)4-13)5-14-10(7)3-9(6)12/h2-3,5,14H,4,13H2,1H3. The largest absolute Gasteiger partial charge is 0.360 e. The first kappa shape index (κ1) is 10.2. The van der Waals surface area contributed by atoms with Gasteiger partial charge in [-0.1, -0.05) is 11.6 Å². The van der Waals surface area contributed by atoms with E-state index in [2.05, 4.69) is 4.98 Å². The van der Waals surface area contributed by atoms with Gasteiger partial charge >= 0.3 is 0 Å². The monoisotopic (exact) mass is 222 g/mol. The van der Waals surface area contributed by atoms with Crippen LogP contribution in [0.1, 0.15) is 15.9 Å². The van der Waals surface area contributed by atoms with Crippen LogP contribution in [-0.2, 0) is 0 Å². The average molecular weight is 223 g/mol. The molecule has 0 aliphatic heterocycles. The zero-order chi connectivity index (χ0) is 11.0. The summed E-state index contributed by atoms with van der Waals surface area (Å²) in [5.41, 5.74) is 7.78. The van der Waals surface area contributed by atoms with Gasteiger partial charge in [0.1, 0.15) is 0 Å². The summed E-state index contributed by atoms with van der Waals surface area (Å²) in [6.45, 7) is 1.93. The van der Waals surface area contributed by atoms with Crippen LogP contribution in [-0.4, -0.2) is 17.3 Å². The summed E-state index contributed by atoms with van der Waals surface area (Å²) in [4.78, 5) is 14.5. The fourth-order valence-electron chi connectivity index (χ4n) is 1.59. The average Bonchev–Trinajstić information content (AvgIpc) is 2.61. The van der Waals surface area contributed by atoms with Crippen LogP contribution in [0.15, 0.2) is 18.3 Å². The van der Waals surface area contributed by atoms with Gasteiger partial charge in [0.25, 0.3) is 0 Å². The molecule has 0 aliphatic rings. The summed E-state index contributed by atoms with van der Waals surface area (Å²) in [6.07, 6.45) is 1.68. The minimum Gasteiger partial charge on any atom is -0.360 e. The minimum atomic E-state index is -0.0667. The van der Waals surface area contributed by atoms with Gasteiger partial charge in [-0.05, 0) is 24.6 Å². The van der Waals surface area contributed by atoms with E-state index in [4.69, 9.17) is 17.3 Å². The number of ketones is 1. The predicted molar refractivity (Wildman–Crippen MR) is 61.4 cm³/mol. The highest BCUT2D eigenvalue weighted by atomic mass is 35.5. The Bertz CT molecular complexity index is 531. The molecule has 0 saturated heterocycles. The first-order valence-corrected chi connectivity index (χ1v) is 5.01. The molecule has 0 saturated carbocycles. The van der Waals surface area contributed by atoms with E-state index in [1.165, 1.54) is 0 Å². The highest BCUT2D eigenvalue weighted by Gasteiger charge is 2.11. The summed E-state index contributed by atoms with van der Waals surface area (Å²) in [6, 6.07) is 3.72. The number of fused-ring (bicyclic) bond motifs is 1. The van der Waals surface area contributed by atoms with Crippen molar-refractivity contribution < 1.29 is 4.79 Å². The fourth-order valence-corrected chi connectivity index (χ4v) is 1.76. The Balaban J connectivity index is 2.69. The lowest BCUT2D eigenvalue weighted by Gasteiger charge is -1.99. The molecule has 4 heteroatoms. The fraction of sp³-hybridized carbons (Fsp3) is 0.182. The van der Waals surface area contributed by atoms with Crippen LogP contribution >= 0.6 is 11.6 Å². The normalized spacial score (nSPS) is 10.9. The molecular formula is C11H11ClN2O. The molecule has 2 aromatic rings. The second kappa shape index (κ2) is 3.68. The first-order chi connectivity index (χ1) is 7.13.